The molecule has 0 aromatic rings. The smallest absolute Gasteiger partial charge is 0.231 e. The summed E-state index contributed by atoms with van der Waals surface area (Å²) in [6, 6.07) is 1.66. The number of rotatable bonds is 3. The van der Waals surface area contributed by atoms with E-state index in [4.69, 9.17) is 0 Å². The number of nitro groups is 1. The molecular formula is C16H28N2O2. The van der Waals surface area contributed by atoms with Crippen molar-refractivity contribution in [3.05, 3.63) is 10.1 Å². The molecule has 0 saturated heterocycles. The predicted octanol–water partition coefficient (Wildman–Crippen LogP) is 4.86. The molecule has 4 nitrogen and oxygen atoms in total. The van der Waals surface area contributed by atoms with Gasteiger partial charge < -0.3 is 0 Å². The molecule has 1 atom stereocenters. The van der Waals surface area contributed by atoms with E-state index in [1.54, 1.807) is 0 Å². The summed E-state index contributed by atoms with van der Waals surface area (Å²) >= 11 is 0. The number of hydrogen-bond acceptors (Lipinski definition) is 3. The average Bonchev–Trinajstić information content (AvgIpc) is 2.42. The normalized spacial score (nSPS) is 22.8. The van der Waals surface area contributed by atoms with E-state index in [1.165, 1.54) is 32.1 Å². The van der Waals surface area contributed by atoms with Gasteiger partial charge in [0.2, 0.25) is 6.04 Å². The van der Waals surface area contributed by atoms with E-state index in [9.17, 15) is 15.4 Å². The van der Waals surface area contributed by atoms with Gasteiger partial charge in [-0.1, -0.05) is 64.7 Å². The van der Waals surface area contributed by atoms with Crippen molar-refractivity contribution < 1.29 is 4.92 Å². The highest BCUT2D eigenvalue weighted by Gasteiger charge is 2.45. The highest BCUT2D eigenvalue weighted by atomic mass is 16.6. The molecule has 0 aromatic carbocycles. The topological polar surface area (TPSA) is 66.9 Å². The van der Waals surface area contributed by atoms with Crippen LogP contribution in [-0.4, -0.2) is 11.0 Å². The number of hydrogen-bond donors (Lipinski definition) is 0. The van der Waals surface area contributed by atoms with Crippen LogP contribution in [-0.2, 0) is 0 Å². The van der Waals surface area contributed by atoms with Crippen LogP contribution in [0.2, 0.25) is 0 Å². The fraction of sp³-hybridized carbons (Fsp3) is 0.938. The molecule has 1 saturated carbocycles. The van der Waals surface area contributed by atoms with Gasteiger partial charge in [-0.15, -0.1) is 0 Å². The fourth-order valence-corrected chi connectivity index (χ4v) is 3.50. The molecule has 4 heteroatoms. The Morgan fingerprint density at radius 3 is 1.75 bits per heavy atom. The van der Waals surface area contributed by atoms with Crippen molar-refractivity contribution in [1.29, 1.82) is 5.26 Å². The quantitative estimate of drug-likeness (QED) is 0.548. The van der Waals surface area contributed by atoms with Gasteiger partial charge in [-0.2, -0.15) is 5.26 Å². The molecule has 1 rings (SSSR count). The molecule has 1 aliphatic rings. The van der Waals surface area contributed by atoms with Gasteiger partial charge in [0.05, 0.1) is 6.07 Å². The van der Waals surface area contributed by atoms with Gasteiger partial charge in [0, 0.05) is 11.3 Å². The van der Waals surface area contributed by atoms with Gasteiger partial charge in [0.1, 0.15) is 5.41 Å². The van der Waals surface area contributed by atoms with E-state index in [2.05, 4.69) is 6.07 Å². The van der Waals surface area contributed by atoms with Gasteiger partial charge in [0.15, 0.2) is 0 Å². The van der Waals surface area contributed by atoms with Gasteiger partial charge >= 0.3 is 0 Å². The molecule has 1 aliphatic carbocycles. The summed E-state index contributed by atoms with van der Waals surface area (Å²) in [7, 11) is 0. The van der Waals surface area contributed by atoms with Crippen LogP contribution in [0.5, 0.6) is 0 Å². The molecule has 0 spiro atoms. The summed E-state index contributed by atoms with van der Waals surface area (Å²) in [4.78, 5) is 11.1. The van der Waals surface area contributed by atoms with Crippen molar-refractivity contribution in [1.82, 2.24) is 0 Å². The largest absolute Gasteiger partial charge is 0.264 e. The van der Waals surface area contributed by atoms with Gasteiger partial charge in [-0.25, -0.2) is 0 Å². The van der Waals surface area contributed by atoms with E-state index in [-0.39, 0.29) is 4.92 Å². The Bertz CT molecular complexity index is 324. The first kappa shape index (κ1) is 16.9. The van der Waals surface area contributed by atoms with Crippen LogP contribution in [0.15, 0.2) is 0 Å². The standard InChI is InChI=1S/C16H28N2O2/c1-2-15(18(19)20)16(14-17)12-10-8-6-4-3-5-7-9-11-13-16/h15H,2-13H2,1H3. The molecule has 20 heavy (non-hydrogen) atoms. The lowest BCUT2D eigenvalue weighted by Gasteiger charge is -2.29. The highest BCUT2D eigenvalue weighted by Crippen LogP contribution is 2.38. The molecule has 1 unspecified atom stereocenters. The van der Waals surface area contributed by atoms with Gasteiger partial charge in [0.25, 0.3) is 0 Å². The molecule has 0 amide bonds. The minimum Gasteiger partial charge on any atom is -0.264 e. The second-order valence-electron chi connectivity index (χ2n) is 6.16. The van der Waals surface area contributed by atoms with Crippen molar-refractivity contribution >= 4 is 0 Å². The predicted molar refractivity (Wildman–Crippen MR) is 79.9 cm³/mol. The molecule has 1 fully saturated rings. The molecular weight excluding hydrogens is 252 g/mol. The minimum absolute atomic E-state index is 0.213. The van der Waals surface area contributed by atoms with Crippen LogP contribution >= 0.6 is 0 Å². The summed E-state index contributed by atoms with van der Waals surface area (Å²) in [5.74, 6) is 0. The third-order valence-corrected chi connectivity index (χ3v) is 4.75. The van der Waals surface area contributed by atoms with Crippen molar-refractivity contribution in [2.45, 2.75) is 90.0 Å². The van der Waals surface area contributed by atoms with Gasteiger partial charge in [-0.3, -0.25) is 10.1 Å². The molecule has 0 radical (unpaired) electrons. The van der Waals surface area contributed by atoms with Crippen LogP contribution in [0.3, 0.4) is 0 Å². The van der Waals surface area contributed by atoms with Gasteiger partial charge in [-0.05, 0) is 12.8 Å². The first-order valence-electron chi connectivity index (χ1n) is 8.21. The lowest BCUT2D eigenvalue weighted by molar-refractivity contribution is -0.540. The van der Waals surface area contributed by atoms with Crippen molar-refractivity contribution in [2.24, 2.45) is 5.41 Å². The first-order chi connectivity index (χ1) is 9.66. The molecule has 0 bridgehead atoms. The Balaban J connectivity index is 2.80. The Hall–Kier alpha value is -1.11. The number of nitriles is 1. The SMILES string of the molecule is CCC([N+](=O)[O-])C1(C#N)CCCCCCCCCCC1. The summed E-state index contributed by atoms with van der Waals surface area (Å²) in [5, 5.41) is 21.0. The average molecular weight is 280 g/mol. The second-order valence-corrected chi connectivity index (χ2v) is 6.16. The van der Waals surface area contributed by atoms with E-state index >= 15 is 0 Å². The van der Waals surface area contributed by atoms with Crippen LogP contribution in [0.1, 0.15) is 84.0 Å². The zero-order valence-corrected chi connectivity index (χ0v) is 12.8. The zero-order valence-electron chi connectivity index (χ0n) is 12.8. The van der Waals surface area contributed by atoms with Crippen molar-refractivity contribution in [2.75, 3.05) is 0 Å². The maximum atomic E-state index is 11.3. The van der Waals surface area contributed by atoms with Crippen LogP contribution in [0.4, 0.5) is 0 Å². The lowest BCUT2D eigenvalue weighted by atomic mass is 9.72. The van der Waals surface area contributed by atoms with Crippen LogP contribution in [0.25, 0.3) is 0 Å². The Morgan fingerprint density at radius 1 is 1.05 bits per heavy atom. The highest BCUT2D eigenvalue weighted by molar-refractivity contribution is 5.03. The minimum atomic E-state index is -0.739. The first-order valence-corrected chi connectivity index (χ1v) is 8.21. The van der Waals surface area contributed by atoms with E-state index in [0.717, 1.165) is 25.7 Å². The molecule has 0 N–H and O–H groups in total. The van der Waals surface area contributed by atoms with Crippen molar-refractivity contribution in [3.8, 4) is 6.07 Å². The third kappa shape index (κ3) is 4.77. The second kappa shape index (κ2) is 8.94. The maximum Gasteiger partial charge on any atom is 0.231 e. The Labute approximate surface area is 122 Å². The maximum absolute atomic E-state index is 11.3. The molecule has 0 heterocycles. The van der Waals surface area contributed by atoms with Crippen LogP contribution in [0, 0.1) is 26.9 Å². The Morgan fingerprint density at radius 2 is 1.45 bits per heavy atom. The number of nitrogens with zero attached hydrogens (tertiary/aromatic N) is 2. The summed E-state index contributed by atoms with van der Waals surface area (Å²) in [6.07, 6.45) is 12.2. The summed E-state index contributed by atoms with van der Waals surface area (Å²) in [6.45, 7) is 1.84. The third-order valence-electron chi connectivity index (χ3n) is 4.75. The van der Waals surface area contributed by atoms with Crippen molar-refractivity contribution in [3.63, 3.8) is 0 Å². The van der Waals surface area contributed by atoms with E-state index in [0.29, 0.717) is 19.3 Å². The fourth-order valence-electron chi connectivity index (χ4n) is 3.50. The molecule has 0 aliphatic heterocycles. The van der Waals surface area contributed by atoms with E-state index in [1.807, 2.05) is 6.92 Å². The monoisotopic (exact) mass is 280 g/mol. The Kier molecular flexibility index (Phi) is 7.58. The molecule has 114 valence electrons. The summed E-state index contributed by atoms with van der Waals surface area (Å²) in [5.41, 5.74) is -0.739. The van der Waals surface area contributed by atoms with Crippen LogP contribution < -0.4 is 0 Å². The summed E-state index contributed by atoms with van der Waals surface area (Å²) < 4.78 is 0. The lowest BCUT2D eigenvalue weighted by Crippen LogP contribution is -2.39. The molecule has 0 aromatic heterocycles. The van der Waals surface area contributed by atoms with E-state index < -0.39 is 11.5 Å². The zero-order chi connectivity index (χ0) is 14.8.